The van der Waals surface area contributed by atoms with E-state index >= 15 is 0 Å². The van der Waals surface area contributed by atoms with Gasteiger partial charge in [-0.15, -0.1) is 0 Å². The average Bonchev–Trinajstić information content (AvgIpc) is 2.67. The van der Waals surface area contributed by atoms with E-state index in [4.69, 9.17) is 10.2 Å². The fourth-order valence-electron chi connectivity index (χ4n) is 1.66. The average molecular weight is 223 g/mol. The molecule has 3 N–H and O–H groups in total. The summed E-state index contributed by atoms with van der Waals surface area (Å²) in [5.74, 6) is 0. The smallest absolute Gasteiger partial charge is 0.214 e. The van der Waals surface area contributed by atoms with Crippen LogP contribution in [0.25, 0.3) is 0 Å². The number of sulfonamides is 1. The van der Waals surface area contributed by atoms with Crippen LogP contribution in [0, 0.1) is 0 Å². The molecule has 1 rings (SSSR count). The van der Waals surface area contributed by atoms with Crippen LogP contribution in [-0.4, -0.2) is 43.1 Å². The molecule has 0 spiro atoms. The van der Waals surface area contributed by atoms with Gasteiger partial charge in [0, 0.05) is 0 Å². The van der Waals surface area contributed by atoms with Crippen molar-refractivity contribution in [2.24, 2.45) is 0 Å². The zero-order chi connectivity index (χ0) is 10.6. The second-order valence-corrected chi connectivity index (χ2v) is 5.62. The van der Waals surface area contributed by atoms with Gasteiger partial charge in [-0.1, -0.05) is 12.8 Å². The predicted octanol–water partition coefficient (Wildman–Crippen LogP) is -0.798. The number of hydrogen-bond donors (Lipinski definition) is 3. The van der Waals surface area contributed by atoms with Crippen molar-refractivity contribution >= 4 is 10.0 Å². The normalized spacial score (nSPS) is 19.4. The minimum Gasteiger partial charge on any atom is -0.395 e. The van der Waals surface area contributed by atoms with Gasteiger partial charge in [-0.3, -0.25) is 0 Å². The van der Waals surface area contributed by atoms with Crippen LogP contribution in [0.1, 0.15) is 25.7 Å². The summed E-state index contributed by atoms with van der Waals surface area (Å²) in [5.41, 5.74) is 0. The Morgan fingerprint density at radius 2 is 1.71 bits per heavy atom. The summed E-state index contributed by atoms with van der Waals surface area (Å²) in [6.45, 7) is -0.745. The zero-order valence-corrected chi connectivity index (χ0v) is 8.83. The highest BCUT2D eigenvalue weighted by Crippen LogP contribution is 2.23. The van der Waals surface area contributed by atoms with Crippen LogP contribution in [0.2, 0.25) is 0 Å². The molecule has 84 valence electrons. The quantitative estimate of drug-likeness (QED) is 0.569. The first kappa shape index (κ1) is 11.9. The Morgan fingerprint density at radius 3 is 2.14 bits per heavy atom. The largest absolute Gasteiger partial charge is 0.395 e. The topological polar surface area (TPSA) is 86.6 Å². The predicted molar refractivity (Wildman–Crippen MR) is 52.3 cm³/mol. The van der Waals surface area contributed by atoms with Gasteiger partial charge in [0.05, 0.1) is 24.5 Å². The SMILES string of the molecule is O=S(=O)(NC(CO)CO)C1CCCC1. The first-order valence-electron chi connectivity index (χ1n) is 4.83. The molecule has 0 bridgehead atoms. The molecule has 0 aromatic rings. The van der Waals surface area contributed by atoms with Crippen molar-refractivity contribution in [3.05, 3.63) is 0 Å². The summed E-state index contributed by atoms with van der Waals surface area (Å²) in [4.78, 5) is 0. The van der Waals surface area contributed by atoms with Gasteiger partial charge in [0.1, 0.15) is 0 Å². The van der Waals surface area contributed by atoms with Gasteiger partial charge in [0.2, 0.25) is 10.0 Å². The minimum atomic E-state index is -3.35. The molecule has 1 aliphatic carbocycles. The van der Waals surface area contributed by atoms with E-state index in [1.807, 2.05) is 0 Å². The van der Waals surface area contributed by atoms with E-state index in [0.717, 1.165) is 12.8 Å². The lowest BCUT2D eigenvalue weighted by Crippen LogP contribution is -2.43. The van der Waals surface area contributed by atoms with Gasteiger partial charge < -0.3 is 10.2 Å². The van der Waals surface area contributed by atoms with E-state index in [9.17, 15) is 8.42 Å². The van der Waals surface area contributed by atoms with Crippen molar-refractivity contribution in [3.63, 3.8) is 0 Å². The Labute approximate surface area is 84.2 Å². The van der Waals surface area contributed by atoms with Crippen molar-refractivity contribution in [2.45, 2.75) is 37.0 Å². The zero-order valence-electron chi connectivity index (χ0n) is 8.02. The lowest BCUT2D eigenvalue weighted by Gasteiger charge is -2.17. The summed E-state index contributed by atoms with van der Waals surface area (Å²) in [6, 6.07) is -0.763. The number of aliphatic hydroxyl groups excluding tert-OH is 2. The van der Waals surface area contributed by atoms with Crippen molar-refractivity contribution in [1.29, 1.82) is 0 Å². The molecule has 0 heterocycles. The van der Waals surface area contributed by atoms with Crippen LogP contribution in [0.5, 0.6) is 0 Å². The molecule has 0 amide bonds. The third-order valence-electron chi connectivity index (χ3n) is 2.51. The van der Waals surface area contributed by atoms with Crippen LogP contribution < -0.4 is 4.72 Å². The summed E-state index contributed by atoms with van der Waals surface area (Å²) in [7, 11) is -3.35. The van der Waals surface area contributed by atoms with Crippen LogP contribution in [-0.2, 0) is 10.0 Å². The number of aliphatic hydroxyl groups is 2. The fourth-order valence-corrected chi connectivity index (χ4v) is 3.42. The van der Waals surface area contributed by atoms with Gasteiger partial charge in [-0.2, -0.15) is 0 Å². The fraction of sp³-hybridized carbons (Fsp3) is 1.00. The van der Waals surface area contributed by atoms with E-state index in [0.29, 0.717) is 12.8 Å². The molecule has 0 aromatic carbocycles. The lowest BCUT2D eigenvalue weighted by molar-refractivity contribution is 0.184. The van der Waals surface area contributed by atoms with Crippen LogP contribution >= 0.6 is 0 Å². The molecule has 0 unspecified atom stereocenters. The molecule has 1 fully saturated rings. The van der Waals surface area contributed by atoms with Crippen LogP contribution in [0.3, 0.4) is 0 Å². The summed E-state index contributed by atoms with van der Waals surface area (Å²) in [5, 5.41) is 17.1. The third-order valence-corrected chi connectivity index (χ3v) is 4.52. The number of nitrogens with one attached hydrogen (secondary N) is 1. The van der Waals surface area contributed by atoms with Gasteiger partial charge in [0.25, 0.3) is 0 Å². The number of rotatable bonds is 5. The summed E-state index contributed by atoms with van der Waals surface area (Å²) in [6.07, 6.45) is 3.24. The highest BCUT2D eigenvalue weighted by Gasteiger charge is 2.30. The van der Waals surface area contributed by atoms with Crippen molar-refractivity contribution in [3.8, 4) is 0 Å². The van der Waals surface area contributed by atoms with Gasteiger partial charge in [-0.05, 0) is 12.8 Å². The van der Waals surface area contributed by atoms with Crippen molar-refractivity contribution in [1.82, 2.24) is 4.72 Å². The summed E-state index contributed by atoms with van der Waals surface area (Å²) < 4.78 is 25.6. The van der Waals surface area contributed by atoms with E-state index in [1.165, 1.54) is 0 Å². The highest BCUT2D eigenvalue weighted by atomic mass is 32.2. The van der Waals surface area contributed by atoms with Gasteiger partial charge in [-0.25, -0.2) is 13.1 Å². The Morgan fingerprint density at radius 1 is 1.21 bits per heavy atom. The minimum absolute atomic E-state index is 0.344. The molecule has 14 heavy (non-hydrogen) atoms. The maximum atomic E-state index is 11.6. The summed E-state index contributed by atoms with van der Waals surface area (Å²) >= 11 is 0. The van der Waals surface area contributed by atoms with Crippen LogP contribution in [0.4, 0.5) is 0 Å². The van der Waals surface area contributed by atoms with E-state index in [1.54, 1.807) is 0 Å². The highest BCUT2D eigenvalue weighted by molar-refractivity contribution is 7.90. The monoisotopic (exact) mass is 223 g/mol. The molecule has 0 aliphatic heterocycles. The molecule has 0 atom stereocenters. The lowest BCUT2D eigenvalue weighted by atomic mass is 10.4. The molecule has 5 nitrogen and oxygen atoms in total. The van der Waals surface area contributed by atoms with E-state index in [-0.39, 0.29) is 18.5 Å². The molecule has 0 radical (unpaired) electrons. The second kappa shape index (κ2) is 5.06. The Bertz CT molecular complexity index is 255. The first-order chi connectivity index (χ1) is 6.60. The Hall–Kier alpha value is -0.170. The van der Waals surface area contributed by atoms with Gasteiger partial charge in [0.15, 0.2) is 0 Å². The molecule has 6 heteroatoms. The molecule has 0 saturated heterocycles. The van der Waals surface area contributed by atoms with Crippen molar-refractivity contribution < 1.29 is 18.6 Å². The molecule has 0 aromatic heterocycles. The Kier molecular flexibility index (Phi) is 4.31. The maximum absolute atomic E-state index is 11.6. The molecule has 1 aliphatic rings. The van der Waals surface area contributed by atoms with E-state index in [2.05, 4.69) is 4.72 Å². The standard InChI is InChI=1S/C8H17NO4S/c10-5-7(6-11)9-14(12,13)8-3-1-2-4-8/h7-11H,1-6H2. The first-order valence-corrected chi connectivity index (χ1v) is 6.37. The van der Waals surface area contributed by atoms with E-state index < -0.39 is 16.1 Å². The molecular weight excluding hydrogens is 206 g/mol. The van der Waals surface area contributed by atoms with Crippen LogP contribution in [0.15, 0.2) is 0 Å². The van der Waals surface area contributed by atoms with Crippen molar-refractivity contribution in [2.75, 3.05) is 13.2 Å². The second-order valence-electron chi connectivity index (χ2n) is 3.63. The third kappa shape index (κ3) is 2.91. The van der Waals surface area contributed by atoms with Gasteiger partial charge >= 0.3 is 0 Å². The maximum Gasteiger partial charge on any atom is 0.214 e. The Balaban J connectivity index is 2.56. The number of hydrogen-bond acceptors (Lipinski definition) is 4. The molecular formula is C8H17NO4S. The molecule has 1 saturated carbocycles.